The van der Waals surface area contributed by atoms with Crippen LogP contribution in [0.3, 0.4) is 0 Å². The number of anilines is 1. The zero-order chi connectivity index (χ0) is 18.1. The van der Waals surface area contributed by atoms with Crippen molar-refractivity contribution in [3.05, 3.63) is 35.4 Å². The number of carbonyl (C=O) groups excluding carboxylic acids is 1. The van der Waals surface area contributed by atoms with Gasteiger partial charge >= 0.3 is 0 Å². The van der Waals surface area contributed by atoms with E-state index in [4.69, 9.17) is 4.74 Å². The van der Waals surface area contributed by atoms with Crippen molar-refractivity contribution in [2.45, 2.75) is 38.8 Å². The summed E-state index contributed by atoms with van der Waals surface area (Å²) in [7, 11) is 0. The maximum atomic E-state index is 12.5. The van der Waals surface area contributed by atoms with Crippen LogP contribution in [-0.2, 0) is 4.74 Å². The third kappa shape index (κ3) is 3.27. The molecular formula is C17H20N6O2S. The van der Waals surface area contributed by atoms with Gasteiger partial charge in [0.2, 0.25) is 0 Å². The van der Waals surface area contributed by atoms with E-state index in [-0.39, 0.29) is 5.91 Å². The SMILES string of the molecule is CCO[C@H]1C[C@@H](n2cc(NC(=O)c3csc(-c4cn[nH]c4)n3)c(C)n2)C1. The quantitative estimate of drug-likeness (QED) is 0.693. The second kappa shape index (κ2) is 7.00. The van der Waals surface area contributed by atoms with Crippen LogP contribution in [0.4, 0.5) is 5.69 Å². The number of aryl methyl sites for hydroxylation is 1. The molecule has 1 fully saturated rings. The van der Waals surface area contributed by atoms with Crippen molar-refractivity contribution in [2.24, 2.45) is 0 Å². The first-order valence-corrected chi connectivity index (χ1v) is 9.45. The van der Waals surface area contributed by atoms with Crippen LogP contribution >= 0.6 is 11.3 Å². The first-order chi connectivity index (χ1) is 12.6. The molecule has 0 aliphatic heterocycles. The minimum atomic E-state index is -0.237. The molecule has 3 aromatic heterocycles. The summed E-state index contributed by atoms with van der Waals surface area (Å²) in [5.41, 5.74) is 2.77. The average molecular weight is 372 g/mol. The lowest BCUT2D eigenvalue weighted by molar-refractivity contribution is -0.0227. The Balaban J connectivity index is 1.42. The number of hydrogen-bond donors (Lipinski definition) is 2. The first kappa shape index (κ1) is 16.9. The molecule has 0 spiro atoms. The Bertz CT molecular complexity index is 894. The Hall–Kier alpha value is -2.52. The lowest BCUT2D eigenvalue weighted by Gasteiger charge is -2.34. The van der Waals surface area contributed by atoms with E-state index in [1.165, 1.54) is 11.3 Å². The van der Waals surface area contributed by atoms with E-state index in [1.54, 1.807) is 17.8 Å². The van der Waals surface area contributed by atoms with Crippen molar-refractivity contribution < 1.29 is 9.53 Å². The molecule has 3 aromatic rings. The highest BCUT2D eigenvalue weighted by atomic mass is 32.1. The molecule has 4 rings (SSSR count). The molecule has 1 amide bonds. The number of thiazole rings is 1. The van der Waals surface area contributed by atoms with Gasteiger partial charge in [-0.05, 0) is 26.7 Å². The lowest BCUT2D eigenvalue weighted by atomic mass is 9.89. The van der Waals surface area contributed by atoms with Crippen LogP contribution in [0.1, 0.15) is 42.0 Å². The molecule has 0 aromatic carbocycles. The molecule has 1 aliphatic carbocycles. The number of nitrogens with one attached hydrogen (secondary N) is 2. The second-order valence-corrected chi connectivity index (χ2v) is 7.15. The minimum absolute atomic E-state index is 0.237. The van der Waals surface area contributed by atoms with Crippen molar-refractivity contribution in [1.82, 2.24) is 25.0 Å². The number of aromatic amines is 1. The Morgan fingerprint density at radius 3 is 3.08 bits per heavy atom. The van der Waals surface area contributed by atoms with Gasteiger partial charge in [-0.3, -0.25) is 14.6 Å². The van der Waals surface area contributed by atoms with Gasteiger partial charge in [0.25, 0.3) is 5.91 Å². The second-order valence-electron chi connectivity index (χ2n) is 6.29. The van der Waals surface area contributed by atoms with Crippen LogP contribution in [0.15, 0.2) is 24.0 Å². The molecule has 136 valence electrons. The normalized spacial score (nSPS) is 19.3. The van der Waals surface area contributed by atoms with Crippen molar-refractivity contribution in [3.8, 4) is 10.6 Å². The van der Waals surface area contributed by atoms with Gasteiger partial charge in [0.1, 0.15) is 10.7 Å². The maximum absolute atomic E-state index is 12.5. The van der Waals surface area contributed by atoms with E-state index in [2.05, 4.69) is 25.6 Å². The van der Waals surface area contributed by atoms with E-state index >= 15 is 0 Å². The Labute approximate surface area is 154 Å². The summed E-state index contributed by atoms with van der Waals surface area (Å²) in [4.78, 5) is 16.9. The van der Waals surface area contributed by atoms with Crippen molar-refractivity contribution in [2.75, 3.05) is 11.9 Å². The molecular weight excluding hydrogens is 352 g/mol. The summed E-state index contributed by atoms with van der Waals surface area (Å²) < 4.78 is 7.53. The number of carbonyl (C=O) groups is 1. The number of hydrogen-bond acceptors (Lipinski definition) is 6. The zero-order valence-electron chi connectivity index (χ0n) is 14.6. The number of amides is 1. The Morgan fingerprint density at radius 1 is 1.50 bits per heavy atom. The van der Waals surface area contributed by atoms with Crippen LogP contribution in [0.2, 0.25) is 0 Å². The molecule has 0 radical (unpaired) electrons. The van der Waals surface area contributed by atoms with E-state index in [0.717, 1.165) is 35.7 Å². The molecule has 2 N–H and O–H groups in total. The topological polar surface area (TPSA) is 97.7 Å². The average Bonchev–Trinajstić information content (AvgIpc) is 3.31. The summed E-state index contributed by atoms with van der Waals surface area (Å²) in [5, 5.41) is 16.6. The maximum Gasteiger partial charge on any atom is 0.275 e. The van der Waals surface area contributed by atoms with Gasteiger partial charge in [0, 0.05) is 29.9 Å². The van der Waals surface area contributed by atoms with Crippen molar-refractivity contribution in [1.29, 1.82) is 0 Å². The summed E-state index contributed by atoms with van der Waals surface area (Å²) in [5.74, 6) is -0.237. The highest BCUT2D eigenvalue weighted by molar-refractivity contribution is 7.13. The molecule has 8 nitrogen and oxygen atoms in total. The van der Waals surface area contributed by atoms with Crippen molar-refractivity contribution in [3.63, 3.8) is 0 Å². The molecule has 0 bridgehead atoms. The van der Waals surface area contributed by atoms with E-state index in [0.29, 0.717) is 23.5 Å². The van der Waals surface area contributed by atoms with Gasteiger partial charge in [0.15, 0.2) is 0 Å². The standard InChI is InChI=1S/C17H20N6O2S/c1-3-25-13-4-12(5-13)23-8-14(10(2)22-23)20-16(24)15-9-26-17(21-15)11-6-18-19-7-11/h6-9,12-13H,3-5H2,1-2H3,(H,18,19)(H,20,24)/t12-,13+. The van der Waals surface area contributed by atoms with E-state index < -0.39 is 0 Å². The number of aromatic nitrogens is 5. The van der Waals surface area contributed by atoms with Gasteiger partial charge in [-0.2, -0.15) is 10.2 Å². The molecule has 26 heavy (non-hydrogen) atoms. The summed E-state index contributed by atoms with van der Waals surface area (Å²) >= 11 is 1.41. The van der Waals surface area contributed by atoms with Gasteiger partial charge in [-0.15, -0.1) is 11.3 Å². The molecule has 1 aliphatic rings. The molecule has 3 heterocycles. The van der Waals surface area contributed by atoms with Gasteiger partial charge in [-0.25, -0.2) is 4.98 Å². The fourth-order valence-corrected chi connectivity index (χ4v) is 3.76. The van der Waals surface area contributed by atoms with E-state index in [9.17, 15) is 4.79 Å². The fourth-order valence-electron chi connectivity index (χ4n) is 2.98. The summed E-state index contributed by atoms with van der Waals surface area (Å²) in [6, 6.07) is 0.336. The van der Waals surface area contributed by atoms with Gasteiger partial charge in [0.05, 0.1) is 29.7 Å². The Morgan fingerprint density at radius 2 is 2.35 bits per heavy atom. The fraction of sp³-hybridized carbons (Fsp3) is 0.412. The van der Waals surface area contributed by atoms with Crippen molar-refractivity contribution >= 4 is 22.9 Å². The Kier molecular flexibility index (Phi) is 4.56. The van der Waals surface area contributed by atoms with Crippen LogP contribution < -0.4 is 5.32 Å². The van der Waals surface area contributed by atoms with Crippen LogP contribution in [0.5, 0.6) is 0 Å². The predicted molar refractivity (Wildman–Crippen MR) is 98.3 cm³/mol. The van der Waals surface area contributed by atoms with Crippen LogP contribution in [0, 0.1) is 6.92 Å². The summed E-state index contributed by atoms with van der Waals surface area (Å²) in [6.07, 6.45) is 7.57. The molecule has 1 saturated carbocycles. The zero-order valence-corrected chi connectivity index (χ0v) is 15.4. The monoisotopic (exact) mass is 372 g/mol. The van der Waals surface area contributed by atoms with Crippen LogP contribution in [0.25, 0.3) is 10.6 Å². The molecule has 0 unspecified atom stereocenters. The van der Waals surface area contributed by atoms with E-state index in [1.807, 2.05) is 24.7 Å². The number of rotatable bonds is 6. The first-order valence-electron chi connectivity index (χ1n) is 8.57. The van der Waals surface area contributed by atoms with Gasteiger partial charge < -0.3 is 10.1 Å². The molecule has 0 saturated heterocycles. The predicted octanol–water partition coefficient (Wildman–Crippen LogP) is 3.03. The summed E-state index contributed by atoms with van der Waals surface area (Å²) in [6.45, 7) is 4.64. The molecule has 0 atom stereocenters. The third-order valence-corrected chi connectivity index (χ3v) is 5.38. The lowest BCUT2D eigenvalue weighted by Crippen LogP contribution is -2.33. The number of H-pyrrole nitrogens is 1. The smallest absolute Gasteiger partial charge is 0.275 e. The largest absolute Gasteiger partial charge is 0.378 e. The van der Waals surface area contributed by atoms with Gasteiger partial charge in [-0.1, -0.05) is 0 Å². The number of nitrogens with zero attached hydrogens (tertiary/aromatic N) is 4. The minimum Gasteiger partial charge on any atom is -0.378 e. The van der Waals surface area contributed by atoms with Crippen LogP contribution in [-0.4, -0.2) is 43.6 Å². The highest BCUT2D eigenvalue weighted by Crippen LogP contribution is 2.35. The molecule has 9 heteroatoms. The number of ether oxygens (including phenoxy) is 1. The highest BCUT2D eigenvalue weighted by Gasteiger charge is 2.32. The third-order valence-electron chi connectivity index (χ3n) is 4.49.